The smallest absolute Gasteiger partial charge is 0.407 e. The maximum atomic E-state index is 11.8. The molecule has 6 heteroatoms. The summed E-state index contributed by atoms with van der Waals surface area (Å²) >= 11 is 2.38. The molecule has 0 heterocycles. The molecule has 5 nitrogen and oxygen atoms in total. The van der Waals surface area contributed by atoms with Gasteiger partial charge in [0.15, 0.2) is 0 Å². The first-order valence-corrected chi connectivity index (χ1v) is 7.55. The predicted octanol–water partition coefficient (Wildman–Crippen LogP) is 2.71. The Balaban J connectivity index is 1.90. The number of carboxylic acids is 1. The van der Waals surface area contributed by atoms with Gasteiger partial charge in [-0.2, -0.15) is 0 Å². The van der Waals surface area contributed by atoms with Gasteiger partial charge in [0.05, 0.1) is 6.04 Å². The summed E-state index contributed by atoms with van der Waals surface area (Å²) in [5.41, 5.74) is -0.527. The van der Waals surface area contributed by atoms with E-state index in [4.69, 9.17) is 9.84 Å². The summed E-state index contributed by atoms with van der Waals surface area (Å²) in [6.07, 6.45) is 2.38. The Morgan fingerprint density at radius 3 is 2.42 bits per heavy atom. The molecule has 3 saturated carbocycles. The molecule has 0 spiro atoms. The molecule has 3 rings (SSSR count). The molecule has 1 atom stereocenters. The molecule has 0 unspecified atom stereocenters. The van der Waals surface area contributed by atoms with Crippen LogP contribution in [0.15, 0.2) is 0 Å². The first-order chi connectivity index (χ1) is 8.56. The molecule has 3 fully saturated rings. The van der Waals surface area contributed by atoms with E-state index >= 15 is 0 Å². The van der Waals surface area contributed by atoms with Crippen molar-refractivity contribution >= 4 is 34.7 Å². The van der Waals surface area contributed by atoms with E-state index in [0.29, 0.717) is 6.42 Å². The van der Waals surface area contributed by atoms with Crippen LogP contribution in [0.1, 0.15) is 46.5 Å². The van der Waals surface area contributed by atoms with Crippen molar-refractivity contribution in [2.75, 3.05) is 0 Å². The molecule has 0 aromatic carbocycles. The number of alkyl carbamates (subject to hydrolysis) is 1. The van der Waals surface area contributed by atoms with Gasteiger partial charge in [0.25, 0.3) is 0 Å². The zero-order chi connectivity index (χ0) is 14.5. The normalized spacial score (nSPS) is 35.9. The number of aliphatic carboxylic acids is 1. The SMILES string of the molecule is CC(C)(C)OC(=O)N[C@H]1C2(I)CC1(CCC(=O)O)C2. The van der Waals surface area contributed by atoms with Gasteiger partial charge in [-0.15, -0.1) is 0 Å². The van der Waals surface area contributed by atoms with E-state index in [0.717, 1.165) is 12.8 Å². The van der Waals surface area contributed by atoms with Gasteiger partial charge in [-0.3, -0.25) is 4.79 Å². The van der Waals surface area contributed by atoms with Gasteiger partial charge in [0.2, 0.25) is 0 Å². The highest BCUT2D eigenvalue weighted by molar-refractivity contribution is 14.1. The standard InChI is InChI=1S/C13H20INO4/c1-11(2,3)19-10(18)15-9-12(5-4-8(16)17)6-13(9,14)7-12/h9H,4-7H2,1-3H3,(H,15,18)(H,16,17)/t9-,12?,13?/m1/s1. The molecule has 2 bridgehead atoms. The van der Waals surface area contributed by atoms with Crippen LogP contribution in [0.2, 0.25) is 0 Å². The van der Waals surface area contributed by atoms with Gasteiger partial charge < -0.3 is 15.2 Å². The predicted molar refractivity (Wildman–Crippen MR) is 78.4 cm³/mol. The molecule has 1 amide bonds. The van der Waals surface area contributed by atoms with Crippen molar-refractivity contribution in [3.63, 3.8) is 0 Å². The minimum atomic E-state index is -0.775. The third-order valence-corrected chi connectivity index (χ3v) is 5.31. The first-order valence-electron chi connectivity index (χ1n) is 6.47. The van der Waals surface area contributed by atoms with Crippen LogP contribution >= 0.6 is 22.6 Å². The maximum absolute atomic E-state index is 11.8. The summed E-state index contributed by atoms with van der Waals surface area (Å²) in [5, 5.41) is 11.7. The first kappa shape index (κ1) is 14.9. The monoisotopic (exact) mass is 381 g/mol. The lowest BCUT2D eigenvalue weighted by atomic mass is 9.39. The number of ether oxygens (including phenoxy) is 1. The van der Waals surface area contributed by atoms with E-state index in [1.165, 1.54) is 0 Å². The lowest BCUT2D eigenvalue weighted by molar-refractivity contribution is -0.145. The van der Waals surface area contributed by atoms with Crippen molar-refractivity contribution in [3.8, 4) is 0 Å². The van der Waals surface area contributed by atoms with Gasteiger partial charge >= 0.3 is 12.1 Å². The zero-order valence-corrected chi connectivity index (χ0v) is 13.6. The number of nitrogens with one attached hydrogen (secondary N) is 1. The van der Waals surface area contributed by atoms with E-state index in [2.05, 4.69) is 27.9 Å². The van der Waals surface area contributed by atoms with Gasteiger partial charge in [0.1, 0.15) is 5.60 Å². The average Bonchev–Trinajstić information content (AvgIpc) is 2.18. The van der Waals surface area contributed by atoms with Crippen molar-refractivity contribution in [3.05, 3.63) is 0 Å². The van der Waals surface area contributed by atoms with Crippen LogP contribution < -0.4 is 5.32 Å². The van der Waals surface area contributed by atoms with Crippen LogP contribution in [0, 0.1) is 5.41 Å². The molecule has 108 valence electrons. The number of carbonyl (C=O) groups is 2. The van der Waals surface area contributed by atoms with Crippen LogP contribution in [-0.4, -0.2) is 32.2 Å². The minimum Gasteiger partial charge on any atom is -0.481 e. The highest BCUT2D eigenvalue weighted by atomic mass is 127. The Morgan fingerprint density at radius 2 is 2.00 bits per heavy atom. The van der Waals surface area contributed by atoms with Crippen LogP contribution in [0.5, 0.6) is 0 Å². The number of rotatable bonds is 4. The Bertz CT molecular complexity index is 409. The quantitative estimate of drug-likeness (QED) is 0.580. The molecular weight excluding hydrogens is 361 g/mol. The van der Waals surface area contributed by atoms with E-state index in [1.807, 2.05) is 20.8 Å². The van der Waals surface area contributed by atoms with E-state index in [-0.39, 0.29) is 21.3 Å². The average molecular weight is 381 g/mol. The number of halogens is 1. The van der Waals surface area contributed by atoms with Crippen molar-refractivity contribution in [1.29, 1.82) is 0 Å². The summed E-state index contributed by atoms with van der Waals surface area (Å²) in [7, 11) is 0. The third kappa shape index (κ3) is 2.83. The van der Waals surface area contributed by atoms with Gasteiger partial charge in [-0.05, 0) is 45.4 Å². The van der Waals surface area contributed by atoms with Crippen LogP contribution in [0.4, 0.5) is 4.79 Å². The van der Waals surface area contributed by atoms with Crippen LogP contribution in [-0.2, 0) is 9.53 Å². The number of amides is 1. The molecule has 0 saturated heterocycles. The lowest BCUT2D eigenvalue weighted by Gasteiger charge is -2.74. The summed E-state index contributed by atoms with van der Waals surface area (Å²) < 4.78 is 5.36. The summed E-state index contributed by atoms with van der Waals surface area (Å²) in [5.74, 6) is -0.775. The van der Waals surface area contributed by atoms with Gasteiger partial charge in [0, 0.05) is 9.84 Å². The molecule has 19 heavy (non-hydrogen) atoms. The number of hydrogen-bond donors (Lipinski definition) is 2. The molecular formula is C13H20INO4. The van der Waals surface area contributed by atoms with E-state index < -0.39 is 17.7 Å². The number of hydrogen-bond acceptors (Lipinski definition) is 3. The van der Waals surface area contributed by atoms with Crippen molar-refractivity contribution in [1.82, 2.24) is 5.32 Å². The summed E-state index contributed by atoms with van der Waals surface area (Å²) in [6, 6.07) is 0.0507. The molecule has 3 aliphatic rings. The molecule has 0 aromatic rings. The van der Waals surface area contributed by atoms with Gasteiger partial charge in [-0.1, -0.05) is 22.6 Å². The minimum absolute atomic E-state index is 0.0174. The largest absolute Gasteiger partial charge is 0.481 e. The fourth-order valence-corrected chi connectivity index (χ4v) is 5.53. The second kappa shape index (κ2) is 4.49. The highest BCUT2D eigenvalue weighted by Crippen LogP contribution is 2.73. The third-order valence-electron chi connectivity index (χ3n) is 3.92. The van der Waals surface area contributed by atoms with Crippen molar-refractivity contribution in [2.45, 2.75) is 61.5 Å². The number of alkyl halides is 1. The van der Waals surface area contributed by atoms with Crippen molar-refractivity contribution < 1.29 is 19.4 Å². The Morgan fingerprint density at radius 1 is 1.42 bits per heavy atom. The molecule has 0 aliphatic heterocycles. The summed E-state index contributed by atoms with van der Waals surface area (Å²) in [6.45, 7) is 5.48. The Hall–Kier alpha value is -0.530. The van der Waals surface area contributed by atoms with E-state index in [1.54, 1.807) is 0 Å². The van der Waals surface area contributed by atoms with E-state index in [9.17, 15) is 9.59 Å². The van der Waals surface area contributed by atoms with Crippen LogP contribution in [0.25, 0.3) is 0 Å². The van der Waals surface area contributed by atoms with Gasteiger partial charge in [-0.25, -0.2) is 4.79 Å². The number of carbonyl (C=O) groups excluding carboxylic acids is 1. The second-order valence-corrected chi connectivity index (χ2v) is 8.87. The topological polar surface area (TPSA) is 75.6 Å². The summed E-state index contributed by atoms with van der Waals surface area (Å²) in [4.78, 5) is 22.5. The number of carboxylic acid groups (broad SMARTS) is 1. The molecule has 0 radical (unpaired) electrons. The second-order valence-electron chi connectivity index (χ2n) is 6.72. The van der Waals surface area contributed by atoms with Crippen molar-refractivity contribution in [2.24, 2.45) is 5.41 Å². The van der Waals surface area contributed by atoms with Crippen LogP contribution in [0.3, 0.4) is 0 Å². The fraction of sp³-hybridized carbons (Fsp3) is 0.846. The molecule has 3 aliphatic carbocycles. The molecule has 2 N–H and O–H groups in total. The Labute approximate surface area is 126 Å². The Kier molecular flexibility index (Phi) is 3.52. The lowest BCUT2D eigenvalue weighted by Crippen LogP contribution is -2.81. The fourth-order valence-electron chi connectivity index (χ4n) is 3.20. The maximum Gasteiger partial charge on any atom is 0.407 e. The molecule has 0 aromatic heterocycles. The zero-order valence-electron chi connectivity index (χ0n) is 11.5. The highest BCUT2D eigenvalue weighted by Gasteiger charge is 2.74.